The monoisotopic (exact) mass is 1640 g/mol. The number of phenols is 1. The van der Waals surface area contributed by atoms with Gasteiger partial charge in [0.1, 0.15) is 78.3 Å². The highest BCUT2D eigenvalue weighted by Gasteiger charge is 2.40. The standard InChI is InChI=1S/C78H118N20O17S/c1-11-44(9)63-75(114)89-50(25-19-31-84-77(80)81)66(105)92-56(37-60(102)103)71(110)88-51(26-20-32-85-78(82)83)67(106)95-61(42(5)6)73(112)93-55(35-47-23-17-14-18-24-47)69(108)91-54(36-48-27-29-49(99)30-28-48)70(109)94-57(65(104)86-38-58(79)100)39-116-40-59(101)87-53(34-46-21-15-13-16-22-46)68(107)90-52(33-41(3)4)72(111)97-64(45(10)12-2)76(115)96-62(43(7)8)74(113)98-63/h13-18,21-24,27-30,41-45,50-57,61-64,99H,11-12,19-20,25-26,31-40H2,1-10H3,(H2,79,100)(H,86,104)(H,87,101)(H,88,110)(H,89,114)(H,90,107)(H,91,108)(H,92,105)(H,93,112)(H,94,109)(H,95,106)(H,96,115)(H,97,111)(H,98,113)(H,102,103)(H4,80,81,84)(H4,82,83,85)/t44-,45-,50-,51-,52-,53-,54-,55-,56-,57-,61-,62-,63-,64-/m0/s1. The minimum Gasteiger partial charge on any atom is -0.508 e. The number of guanidine groups is 2. The van der Waals surface area contributed by atoms with Crippen molar-refractivity contribution in [3.05, 3.63) is 102 Å². The number of carboxylic acid groups (broad SMARTS) is 1. The SMILES string of the molecule is CC[C@H](C)[C@@H]1NC(=O)[C@H](CC(C)C)NC(=O)[C@H](Cc2ccccc2)NC(=O)CSC[C@@H](C(=O)NCC(N)=O)NC(=O)[C@H](Cc2ccc(O)cc2)NC(=O)[C@H](Cc2ccccc2)NC(=O)[C@H](C(C)C)NC(=O)[C@H](CCCNC(=N)N)NC(=O)[C@H](CC(=O)O)NC(=O)[C@H](CCCNC(=N)N)NC(=O)[C@H]([C@@H](C)CC)NC(=O)[C@H](C(C)C)NC1=O. The highest BCUT2D eigenvalue weighted by atomic mass is 32.2. The molecule has 116 heavy (non-hydrogen) atoms. The first kappa shape index (κ1) is 96.8. The molecule has 0 spiro atoms. The summed E-state index contributed by atoms with van der Waals surface area (Å²) >= 11 is 0.809. The first-order valence-corrected chi connectivity index (χ1v) is 40.0. The minimum absolute atomic E-state index is 0.00127. The van der Waals surface area contributed by atoms with Gasteiger partial charge in [-0.2, -0.15) is 0 Å². The molecule has 1 heterocycles. The number of rotatable bonds is 27. The summed E-state index contributed by atoms with van der Waals surface area (Å²) in [5.74, 6) is -20.0. The Bertz CT molecular complexity index is 3860. The minimum atomic E-state index is -2.01. The number of primary amides is 1. The third kappa shape index (κ3) is 34.2. The van der Waals surface area contributed by atoms with Gasteiger partial charge in [-0.1, -0.05) is 155 Å². The fourth-order valence-corrected chi connectivity index (χ4v) is 13.1. The van der Waals surface area contributed by atoms with Crippen LogP contribution in [0.15, 0.2) is 84.9 Å². The number of aliphatic carboxylic acids is 1. The van der Waals surface area contributed by atoms with Crippen molar-refractivity contribution >= 4 is 112 Å². The molecule has 1 fully saturated rings. The third-order valence-electron chi connectivity index (χ3n) is 19.1. The Morgan fingerprint density at radius 3 is 1.26 bits per heavy atom. The average molecular weight is 1640 g/mol. The van der Waals surface area contributed by atoms with Crippen molar-refractivity contribution in [2.45, 2.75) is 212 Å². The largest absolute Gasteiger partial charge is 0.508 e. The van der Waals surface area contributed by atoms with Crippen LogP contribution in [-0.4, -0.2) is 214 Å². The Hall–Kier alpha value is -11.6. The van der Waals surface area contributed by atoms with E-state index in [0.29, 0.717) is 23.1 Å². The zero-order valence-electron chi connectivity index (χ0n) is 67.4. The molecule has 0 unspecified atom stereocenters. The Labute approximate surface area is 679 Å². The quantitative estimate of drug-likeness (QED) is 0.0224. The van der Waals surface area contributed by atoms with Crippen LogP contribution in [0.4, 0.5) is 0 Å². The van der Waals surface area contributed by atoms with Crippen LogP contribution in [0.2, 0.25) is 0 Å². The third-order valence-corrected chi connectivity index (χ3v) is 20.2. The van der Waals surface area contributed by atoms with Crippen LogP contribution in [0.25, 0.3) is 0 Å². The van der Waals surface area contributed by atoms with Gasteiger partial charge in [-0.15, -0.1) is 11.8 Å². The second-order valence-electron chi connectivity index (χ2n) is 29.9. The predicted molar refractivity (Wildman–Crippen MR) is 433 cm³/mol. The molecule has 1 saturated heterocycles. The zero-order valence-corrected chi connectivity index (χ0v) is 68.2. The van der Waals surface area contributed by atoms with E-state index in [4.69, 9.17) is 28.0 Å². The number of carbonyl (C=O) groups is 15. The van der Waals surface area contributed by atoms with Crippen molar-refractivity contribution < 1.29 is 82.1 Å². The maximum Gasteiger partial charge on any atom is 0.305 e. The summed E-state index contributed by atoms with van der Waals surface area (Å²) < 4.78 is 0. The molecule has 0 bridgehead atoms. The van der Waals surface area contributed by atoms with Crippen LogP contribution in [0.3, 0.4) is 0 Å². The van der Waals surface area contributed by atoms with Crippen molar-refractivity contribution in [3.8, 4) is 5.75 Å². The number of hydrogen-bond acceptors (Lipinski definition) is 19. The summed E-state index contributed by atoms with van der Waals surface area (Å²) in [5.41, 5.74) is 18.0. The number of carbonyl (C=O) groups excluding carboxylic acids is 14. The lowest BCUT2D eigenvalue weighted by molar-refractivity contribution is -0.142. The van der Waals surface area contributed by atoms with E-state index >= 15 is 4.79 Å². The fraction of sp³-hybridized carbons (Fsp3) is 0.551. The number of thioether (sulfide) groups is 1. The number of nitrogens with two attached hydrogens (primary N) is 3. The molecule has 1 aliphatic heterocycles. The van der Waals surface area contributed by atoms with Gasteiger partial charge in [0.05, 0.1) is 18.7 Å². The fourth-order valence-electron chi connectivity index (χ4n) is 12.2. The molecule has 0 radical (unpaired) electrons. The van der Waals surface area contributed by atoms with Crippen molar-refractivity contribution in [2.75, 3.05) is 31.1 Å². The number of hydrogen-bond donors (Lipinski definition) is 22. The highest BCUT2D eigenvalue weighted by molar-refractivity contribution is 8.00. The van der Waals surface area contributed by atoms with E-state index in [-0.39, 0.29) is 82.5 Å². The summed E-state index contributed by atoms with van der Waals surface area (Å²) in [6.07, 6.45) is -1.84. The summed E-state index contributed by atoms with van der Waals surface area (Å²) in [6.45, 7) is 15.9. The first-order valence-electron chi connectivity index (χ1n) is 38.8. The lowest BCUT2D eigenvalue weighted by Gasteiger charge is -2.32. The molecule has 4 rings (SSSR count). The van der Waals surface area contributed by atoms with Crippen molar-refractivity contribution in [2.24, 2.45) is 46.8 Å². The number of amides is 14. The molecule has 0 aromatic heterocycles. The molecular weight excluding hydrogens is 1520 g/mol. The Balaban J connectivity index is 1.97. The topological polar surface area (TPSA) is 603 Å². The van der Waals surface area contributed by atoms with Crippen LogP contribution in [0.5, 0.6) is 5.75 Å². The summed E-state index contributed by atoms with van der Waals surface area (Å²) in [7, 11) is 0. The molecule has 14 amide bonds. The first-order chi connectivity index (χ1) is 54.8. The average Bonchev–Trinajstić information content (AvgIpc) is 0.844. The summed E-state index contributed by atoms with van der Waals surface area (Å²) in [5, 5.41) is 75.4. The predicted octanol–water partition coefficient (Wildman–Crippen LogP) is -1.96. The molecule has 3 aromatic rings. The maximum atomic E-state index is 15.1. The molecule has 0 saturated carbocycles. The zero-order chi connectivity index (χ0) is 86.5. The number of phenolic OH excluding ortho intramolecular Hbond substituents is 1. The Morgan fingerprint density at radius 1 is 0.448 bits per heavy atom. The van der Waals surface area contributed by atoms with E-state index < -0.39 is 221 Å². The van der Waals surface area contributed by atoms with Gasteiger partial charge in [-0.25, -0.2) is 0 Å². The highest BCUT2D eigenvalue weighted by Crippen LogP contribution is 2.19. The van der Waals surface area contributed by atoms with E-state index in [0.717, 1.165) is 11.8 Å². The van der Waals surface area contributed by atoms with E-state index in [1.807, 2.05) is 0 Å². The van der Waals surface area contributed by atoms with Crippen LogP contribution in [-0.2, 0) is 91.2 Å². The number of nitrogens with one attached hydrogen (secondary N) is 17. The van der Waals surface area contributed by atoms with Gasteiger partial charge in [0.15, 0.2) is 11.9 Å². The number of aromatic hydroxyl groups is 1. The lowest BCUT2D eigenvalue weighted by atomic mass is 9.94. The maximum absolute atomic E-state index is 15.1. The van der Waals surface area contributed by atoms with Gasteiger partial charge in [0, 0.05) is 38.1 Å². The van der Waals surface area contributed by atoms with Crippen LogP contribution < -0.4 is 97.0 Å². The molecule has 638 valence electrons. The van der Waals surface area contributed by atoms with E-state index in [9.17, 15) is 77.3 Å². The molecule has 14 atom stereocenters. The van der Waals surface area contributed by atoms with E-state index in [1.165, 1.54) is 24.3 Å². The molecule has 25 N–H and O–H groups in total. The van der Waals surface area contributed by atoms with E-state index in [2.05, 4.69) is 79.8 Å². The van der Waals surface area contributed by atoms with Crippen LogP contribution in [0.1, 0.15) is 137 Å². The van der Waals surface area contributed by atoms with Crippen molar-refractivity contribution in [1.82, 2.24) is 79.8 Å². The van der Waals surface area contributed by atoms with Crippen LogP contribution in [0, 0.1) is 40.4 Å². The Morgan fingerprint density at radius 2 is 0.802 bits per heavy atom. The molecule has 37 nitrogen and oxygen atoms in total. The second kappa shape index (κ2) is 49.2. The number of benzene rings is 3. The molecule has 38 heteroatoms. The lowest BCUT2D eigenvalue weighted by Crippen LogP contribution is -2.63. The van der Waals surface area contributed by atoms with Gasteiger partial charge >= 0.3 is 5.97 Å². The van der Waals surface area contributed by atoms with Gasteiger partial charge in [-0.3, -0.25) is 82.7 Å². The Kier molecular flexibility index (Phi) is 41.1. The molecule has 3 aromatic carbocycles. The molecule has 1 aliphatic rings. The van der Waals surface area contributed by atoms with Gasteiger partial charge in [0.2, 0.25) is 82.7 Å². The van der Waals surface area contributed by atoms with Crippen LogP contribution >= 0.6 is 11.8 Å². The smallest absolute Gasteiger partial charge is 0.305 e. The van der Waals surface area contributed by atoms with Crippen molar-refractivity contribution in [1.29, 1.82) is 10.8 Å². The van der Waals surface area contributed by atoms with Gasteiger partial charge in [-0.05, 0) is 90.5 Å². The van der Waals surface area contributed by atoms with Gasteiger partial charge < -0.3 is 107 Å². The van der Waals surface area contributed by atoms with E-state index in [1.54, 1.807) is 130 Å². The van der Waals surface area contributed by atoms with Crippen molar-refractivity contribution in [3.63, 3.8) is 0 Å². The summed E-state index contributed by atoms with van der Waals surface area (Å²) in [4.78, 5) is 216. The number of carboxylic acids is 1. The second-order valence-corrected chi connectivity index (χ2v) is 30.9. The van der Waals surface area contributed by atoms with Gasteiger partial charge in [0.25, 0.3) is 0 Å². The normalized spacial score (nSPS) is 23.5. The molecular formula is C78H118N20O17S. The summed E-state index contributed by atoms with van der Waals surface area (Å²) in [6, 6.07) is 3.78. The molecule has 0 aliphatic carbocycles.